The maximum atomic E-state index is 4.64. The smallest absolute Gasteiger partial charge is 0.0772 e. The van der Waals surface area contributed by atoms with Crippen molar-refractivity contribution in [3.8, 4) is 0 Å². The van der Waals surface area contributed by atoms with E-state index < -0.39 is 0 Å². The van der Waals surface area contributed by atoms with Gasteiger partial charge in [0.25, 0.3) is 0 Å². The molecule has 2 aromatic heterocycles. The lowest BCUT2D eigenvalue weighted by atomic mass is 9.96. The Morgan fingerprint density at radius 3 is 2.62 bits per heavy atom. The molecule has 1 unspecified atom stereocenters. The highest BCUT2D eigenvalue weighted by molar-refractivity contribution is 5.85. The molecule has 0 bridgehead atoms. The Morgan fingerprint density at radius 2 is 1.86 bits per heavy atom. The molecule has 3 heteroatoms. The molecule has 1 N–H and O–H groups in total. The van der Waals surface area contributed by atoms with E-state index in [4.69, 9.17) is 0 Å². The topological polar surface area (TPSA) is 37.8 Å². The fraction of sp³-hybridized carbons (Fsp3) is 0.222. The minimum Gasteiger partial charge on any atom is -0.308 e. The van der Waals surface area contributed by atoms with Gasteiger partial charge in [0.2, 0.25) is 0 Å². The molecule has 0 aliphatic carbocycles. The van der Waals surface area contributed by atoms with Crippen LogP contribution >= 0.6 is 0 Å². The number of rotatable bonds is 3. The van der Waals surface area contributed by atoms with Crippen LogP contribution in [0.4, 0.5) is 0 Å². The number of hydrogen-bond donors (Lipinski definition) is 1. The summed E-state index contributed by atoms with van der Waals surface area (Å²) in [5.41, 5.74) is 4.60. The van der Waals surface area contributed by atoms with Crippen LogP contribution in [0.25, 0.3) is 10.8 Å². The van der Waals surface area contributed by atoms with Gasteiger partial charge in [-0.3, -0.25) is 9.97 Å². The van der Waals surface area contributed by atoms with Crippen molar-refractivity contribution in [1.82, 2.24) is 15.3 Å². The standard InChI is InChI=1S/C18H19N3/c1-12-8-13(2)17(21-9-12)18(19-3)16-11-20-10-14-6-4-5-7-15(14)16/h4-11,18-19H,1-3H3. The van der Waals surface area contributed by atoms with Gasteiger partial charge in [-0.05, 0) is 37.4 Å². The predicted octanol–water partition coefficient (Wildman–Crippen LogP) is 3.56. The van der Waals surface area contributed by atoms with Crippen molar-refractivity contribution in [3.05, 3.63) is 71.3 Å². The lowest BCUT2D eigenvalue weighted by molar-refractivity contribution is 0.667. The number of nitrogens with zero attached hydrogens (tertiary/aromatic N) is 2. The highest BCUT2D eigenvalue weighted by Gasteiger charge is 2.18. The molecule has 2 heterocycles. The Bertz CT molecular complexity index is 775. The molecule has 0 saturated heterocycles. The molecule has 3 aromatic rings. The SMILES string of the molecule is CNC(c1ncc(C)cc1C)c1cncc2ccccc12. The molecule has 106 valence electrons. The van der Waals surface area contributed by atoms with E-state index in [9.17, 15) is 0 Å². The summed E-state index contributed by atoms with van der Waals surface area (Å²) in [5.74, 6) is 0. The van der Waals surface area contributed by atoms with Gasteiger partial charge in [0.05, 0.1) is 11.7 Å². The van der Waals surface area contributed by atoms with E-state index >= 15 is 0 Å². The molecule has 0 aliphatic rings. The summed E-state index contributed by atoms with van der Waals surface area (Å²) in [7, 11) is 1.97. The zero-order valence-corrected chi connectivity index (χ0v) is 12.6. The Labute approximate surface area is 125 Å². The fourth-order valence-corrected chi connectivity index (χ4v) is 2.84. The van der Waals surface area contributed by atoms with Gasteiger partial charge in [0, 0.05) is 29.5 Å². The van der Waals surface area contributed by atoms with E-state index in [0.29, 0.717) is 0 Å². The zero-order chi connectivity index (χ0) is 14.8. The minimum absolute atomic E-state index is 0.0456. The summed E-state index contributed by atoms with van der Waals surface area (Å²) in [5, 5.41) is 5.75. The molecular formula is C18H19N3. The zero-order valence-electron chi connectivity index (χ0n) is 12.6. The Morgan fingerprint density at radius 1 is 1.05 bits per heavy atom. The monoisotopic (exact) mass is 277 g/mol. The summed E-state index contributed by atoms with van der Waals surface area (Å²) >= 11 is 0. The van der Waals surface area contributed by atoms with Gasteiger partial charge in [-0.2, -0.15) is 0 Å². The third-order valence-electron chi connectivity index (χ3n) is 3.83. The first-order chi connectivity index (χ1) is 10.2. The van der Waals surface area contributed by atoms with Crippen LogP contribution in [0.15, 0.2) is 48.9 Å². The maximum Gasteiger partial charge on any atom is 0.0772 e. The summed E-state index contributed by atoms with van der Waals surface area (Å²) in [6, 6.07) is 10.6. The average Bonchev–Trinajstić information content (AvgIpc) is 2.50. The van der Waals surface area contributed by atoms with Crippen LogP contribution in [0.3, 0.4) is 0 Å². The largest absolute Gasteiger partial charge is 0.308 e. The molecule has 0 spiro atoms. The second-order valence-corrected chi connectivity index (χ2v) is 5.39. The molecule has 21 heavy (non-hydrogen) atoms. The first-order valence-corrected chi connectivity index (χ1v) is 7.13. The lowest BCUT2D eigenvalue weighted by Crippen LogP contribution is -2.20. The van der Waals surface area contributed by atoms with Crippen LogP contribution in [-0.4, -0.2) is 17.0 Å². The van der Waals surface area contributed by atoms with Gasteiger partial charge < -0.3 is 5.32 Å². The van der Waals surface area contributed by atoms with Crippen molar-refractivity contribution in [2.24, 2.45) is 0 Å². The third kappa shape index (κ3) is 2.52. The van der Waals surface area contributed by atoms with E-state index in [1.165, 1.54) is 16.5 Å². The highest BCUT2D eigenvalue weighted by Crippen LogP contribution is 2.28. The number of aryl methyl sites for hydroxylation is 2. The van der Waals surface area contributed by atoms with Gasteiger partial charge in [-0.15, -0.1) is 0 Å². The Hall–Kier alpha value is -2.26. The molecule has 3 rings (SSSR count). The van der Waals surface area contributed by atoms with E-state index in [-0.39, 0.29) is 6.04 Å². The van der Waals surface area contributed by atoms with E-state index in [0.717, 1.165) is 16.6 Å². The molecule has 0 fully saturated rings. The van der Waals surface area contributed by atoms with Crippen LogP contribution in [0.1, 0.15) is 28.4 Å². The van der Waals surface area contributed by atoms with Crippen molar-refractivity contribution in [2.45, 2.75) is 19.9 Å². The number of pyridine rings is 2. The minimum atomic E-state index is 0.0456. The first-order valence-electron chi connectivity index (χ1n) is 7.13. The maximum absolute atomic E-state index is 4.64. The molecule has 0 radical (unpaired) electrons. The van der Waals surface area contributed by atoms with E-state index in [2.05, 4.69) is 53.4 Å². The number of nitrogens with one attached hydrogen (secondary N) is 1. The Balaban J connectivity index is 2.18. The highest BCUT2D eigenvalue weighted by atomic mass is 14.9. The van der Waals surface area contributed by atoms with E-state index in [1.54, 1.807) is 0 Å². The van der Waals surface area contributed by atoms with Crippen LogP contribution in [0.5, 0.6) is 0 Å². The van der Waals surface area contributed by atoms with Gasteiger partial charge in [-0.25, -0.2) is 0 Å². The number of aromatic nitrogens is 2. The van der Waals surface area contributed by atoms with Gasteiger partial charge >= 0.3 is 0 Å². The van der Waals surface area contributed by atoms with Crippen LogP contribution in [-0.2, 0) is 0 Å². The first kappa shape index (κ1) is 13.7. The third-order valence-corrected chi connectivity index (χ3v) is 3.83. The second-order valence-electron chi connectivity index (χ2n) is 5.39. The normalized spacial score (nSPS) is 12.5. The summed E-state index contributed by atoms with van der Waals surface area (Å²) in [4.78, 5) is 9.03. The number of hydrogen-bond acceptors (Lipinski definition) is 3. The average molecular weight is 277 g/mol. The Kier molecular flexibility index (Phi) is 3.67. The fourth-order valence-electron chi connectivity index (χ4n) is 2.84. The van der Waals surface area contributed by atoms with Crippen molar-refractivity contribution in [2.75, 3.05) is 7.05 Å². The van der Waals surface area contributed by atoms with Crippen molar-refractivity contribution in [3.63, 3.8) is 0 Å². The molecule has 1 aromatic carbocycles. The van der Waals surface area contributed by atoms with Gasteiger partial charge in [-0.1, -0.05) is 30.3 Å². The molecule has 0 saturated carbocycles. The predicted molar refractivity (Wildman–Crippen MR) is 86.4 cm³/mol. The van der Waals surface area contributed by atoms with Crippen molar-refractivity contribution in [1.29, 1.82) is 0 Å². The van der Waals surface area contributed by atoms with Gasteiger partial charge in [0.15, 0.2) is 0 Å². The second kappa shape index (κ2) is 5.62. The molecular weight excluding hydrogens is 258 g/mol. The molecule has 1 atom stereocenters. The lowest BCUT2D eigenvalue weighted by Gasteiger charge is -2.20. The van der Waals surface area contributed by atoms with E-state index in [1.807, 2.05) is 31.7 Å². The number of benzene rings is 1. The number of fused-ring (bicyclic) bond motifs is 1. The molecule has 0 aliphatic heterocycles. The van der Waals surface area contributed by atoms with Crippen LogP contribution < -0.4 is 5.32 Å². The molecule has 0 amide bonds. The quantitative estimate of drug-likeness (QED) is 0.795. The van der Waals surface area contributed by atoms with Crippen molar-refractivity contribution < 1.29 is 0 Å². The van der Waals surface area contributed by atoms with Crippen LogP contribution in [0, 0.1) is 13.8 Å². The summed E-state index contributed by atoms with van der Waals surface area (Å²) in [6.45, 7) is 4.18. The molecule has 3 nitrogen and oxygen atoms in total. The summed E-state index contributed by atoms with van der Waals surface area (Å²) < 4.78 is 0. The van der Waals surface area contributed by atoms with Gasteiger partial charge in [0.1, 0.15) is 0 Å². The van der Waals surface area contributed by atoms with Crippen LogP contribution in [0.2, 0.25) is 0 Å². The van der Waals surface area contributed by atoms with Crippen molar-refractivity contribution >= 4 is 10.8 Å². The summed E-state index contributed by atoms with van der Waals surface area (Å²) in [6.07, 6.45) is 5.76.